The maximum Gasteiger partial charge on any atom is 0.341 e. The summed E-state index contributed by atoms with van der Waals surface area (Å²) in [7, 11) is 1.24. The fraction of sp³-hybridized carbons (Fsp3) is 0.267. The molecule has 1 aromatic heterocycles. The highest BCUT2D eigenvalue weighted by molar-refractivity contribution is 8.00. The highest BCUT2D eigenvalue weighted by Crippen LogP contribution is 2.38. The molecule has 1 unspecified atom stereocenters. The molecule has 1 saturated heterocycles. The number of thioether (sulfide) groups is 1. The number of carbonyl (C=O) groups excluding carboxylic acids is 6. The molecule has 1 atom stereocenters. The first-order valence-electron chi connectivity index (χ1n) is 13.5. The largest absolute Gasteiger partial charge is 0.465 e. The van der Waals surface area contributed by atoms with Gasteiger partial charge in [-0.3, -0.25) is 19.2 Å². The topological polar surface area (TPSA) is 165 Å². The van der Waals surface area contributed by atoms with Crippen LogP contribution in [-0.2, 0) is 41.6 Å². The standard InChI is InChI=1S/C30H28N4O8S2/c1-16(35)33-11-10-21-23(14-33)44-27(26(21)30(40)41-2)32-24(36)15-42-29(39)17-6-8-19(9-7-17)34-25(37)13-22(28(34)38)43-20-5-3-4-18(31)12-20/h3-9,12,22H,10-11,13-15,31H2,1-2H3,(H,32,36). The minimum Gasteiger partial charge on any atom is -0.465 e. The van der Waals surface area contributed by atoms with Crippen molar-refractivity contribution in [2.24, 2.45) is 0 Å². The molecular weight excluding hydrogens is 608 g/mol. The molecular formula is C30H28N4O8S2. The molecule has 1 fully saturated rings. The number of nitrogens with two attached hydrogens (primary N) is 1. The number of amides is 4. The Morgan fingerprint density at radius 1 is 1.09 bits per heavy atom. The second-order valence-corrected chi connectivity index (χ2v) is 12.4. The molecule has 0 radical (unpaired) electrons. The van der Waals surface area contributed by atoms with Crippen LogP contribution < -0.4 is 16.0 Å². The van der Waals surface area contributed by atoms with Crippen LogP contribution >= 0.6 is 23.1 Å². The van der Waals surface area contributed by atoms with Crippen molar-refractivity contribution in [1.82, 2.24) is 4.90 Å². The predicted octanol–water partition coefficient (Wildman–Crippen LogP) is 3.24. The Bertz CT molecular complexity index is 1670. The number of ether oxygens (including phenoxy) is 2. The molecule has 2 aliphatic rings. The van der Waals surface area contributed by atoms with Crippen molar-refractivity contribution in [2.45, 2.75) is 36.5 Å². The van der Waals surface area contributed by atoms with E-state index in [-0.39, 0.29) is 40.3 Å². The van der Waals surface area contributed by atoms with Gasteiger partial charge < -0.3 is 25.4 Å². The Balaban J connectivity index is 1.19. The number of thiophene rings is 1. The van der Waals surface area contributed by atoms with Crippen molar-refractivity contribution < 1.29 is 38.2 Å². The lowest BCUT2D eigenvalue weighted by atomic mass is 10.0. The second-order valence-electron chi connectivity index (χ2n) is 10.0. The number of esters is 2. The van der Waals surface area contributed by atoms with Gasteiger partial charge in [-0.2, -0.15) is 0 Å². The summed E-state index contributed by atoms with van der Waals surface area (Å²) < 4.78 is 10.1. The maximum absolute atomic E-state index is 13.0. The number of hydrogen-bond donors (Lipinski definition) is 2. The number of fused-ring (bicyclic) bond motifs is 1. The van der Waals surface area contributed by atoms with Gasteiger partial charge in [0.2, 0.25) is 17.7 Å². The predicted molar refractivity (Wildman–Crippen MR) is 163 cm³/mol. The first-order chi connectivity index (χ1) is 21.0. The van der Waals surface area contributed by atoms with Crippen LogP contribution in [0, 0.1) is 0 Å². The van der Waals surface area contributed by atoms with E-state index in [0.717, 1.165) is 20.2 Å². The number of hydrogen-bond acceptors (Lipinski definition) is 11. The highest BCUT2D eigenvalue weighted by atomic mass is 32.2. The molecule has 4 amide bonds. The number of nitrogen functional groups attached to an aromatic ring is 1. The molecule has 12 nitrogen and oxygen atoms in total. The van der Waals surface area contributed by atoms with Gasteiger partial charge in [-0.25, -0.2) is 14.5 Å². The Kier molecular flexibility index (Phi) is 9.01. The smallest absolute Gasteiger partial charge is 0.341 e. The Hall–Kier alpha value is -4.69. The van der Waals surface area contributed by atoms with Gasteiger partial charge >= 0.3 is 11.9 Å². The summed E-state index contributed by atoms with van der Waals surface area (Å²) in [6.45, 7) is 1.59. The Morgan fingerprint density at radius 2 is 1.84 bits per heavy atom. The molecule has 0 saturated carbocycles. The number of anilines is 3. The van der Waals surface area contributed by atoms with E-state index in [2.05, 4.69) is 5.32 Å². The first-order valence-corrected chi connectivity index (χ1v) is 15.2. The van der Waals surface area contributed by atoms with E-state index >= 15 is 0 Å². The van der Waals surface area contributed by atoms with Crippen LogP contribution in [0.2, 0.25) is 0 Å². The van der Waals surface area contributed by atoms with E-state index in [1.807, 2.05) is 6.07 Å². The van der Waals surface area contributed by atoms with Crippen LogP contribution in [0.5, 0.6) is 0 Å². The van der Waals surface area contributed by atoms with Crippen LogP contribution in [0.25, 0.3) is 0 Å². The first kappa shape index (κ1) is 30.8. The minimum absolute atomic E-state index is 0.0249. The van der Waals surface area contributed by atoms with E-state index in [4.69, 9.17) is 15.2 Å². The van der Waals surface area contributed by atoms with Crippen LogP contribution in [0.1, 0.15) is 44.5 Å². The van der Waals surface area contributed by atoms with Crippen molar-refractivity contribution >= 4 is 75.0 Å². The van der Waals surface area contributed by atoms with E-state index in [1.54, 1.807) is 23.1 Å². The lowest BCUT2D eigenvalue weighted by molar-refractivity contribution is -0.129. The third-order valence-electron chi connectivity index (χ3n) is 7.08. The average molecular weight is 637 g/mol. The van der Waals surface area contributed by atoms with Gasteiger partial charge in [0.1, 0.15) is 5.00 Å². The molecule has 3 aromatic rings. The summed E-state index contributed by atoms with van der Waals surface area (Å²) in [5.74, 6) is -2.90. The number of methoxy groups -OCH3 is 1. The normalized spacial score (nSPS) is 16.0. The van der Waals surface area contributed by atoms with Gasteiger partial charge in [-0.1, -0.05) is 6.07 Å². The summed E-state index contributed by atoms with van der Waals surface area (Å²) in [5.41, 5.74) is 7.74. The molecule has 0 bridgehead atoms. The molecule has 0 aliphatic carbocycles. The number of nitrogens with zero attached hydrogens (tertiary/aromatic N) is 2. The van der Waals surface area contributed by atoms with Crippen molar-refractivity contribution in [3.8, 4) is 0 Å². The molecule has 14 heteroatoms. The number of rotatable bonds is 8. The molecule has 0 spiro atoms. The fourth-order valence-corrected chi connectivity index (χ4v) is 7.31. The summed E-state index contributed by atoms with van der Waals surface area (Å²) >= 11 is 2.43. The molecule has 2 aliphatic heterocycles. The third kappa shape index (κ3) is 6.45. The maximum atomic E-state index is 13.0. The van der Waals surface area contributed by atoms with Crippen molar-refractivity contribution in [3.05, 3.63) is 70.1 Å². The molecule has 228 valence electrons. The van der Waals surface area contributed by atoms with Gasteiger partial charge in [-0.05, 0) is 54.4 Å². The lowest BCUT2D eigenvalue weighted by Gasteiger charge is -2.25. The molecule has 2 aromatic carbocycles. The van der Waals surface area contributed by atoms with E-state index in [1.165, 1.54) is 61.4 Å². The van der Waals surface area contributed by atoms with E-state index in [0.29, 0.717) is 30.9 Å². The van der Waals surface area contributed by atoms with E-state index < -0.39 is 29.7 Å². The summed E-state index contributed by atoms with van der Waals surface area (Å²) in [6, 6.07) is 12.8. The lowest BCUT2D eigenvalue weighted by Crippen LogP contribution is -2.33. The summed E-state index contributed by atoms with van der Waals surface area (Å²) in [6.07, 6.45) is 0.462. The molecule has 3 N–H and O–H groups in total. The highest BCUT2D eigenvalue weighted by Gasteiger charge is 2.40. The van der Waals surface area contributed by atoms with Gasteiger partial charge in [0.15, 0.2) is 6.61 Å². The third-order valence-corrected chi connectivity index (χ3v) is 9.39. The van der Waals surface area contributed by atoms with E-state index in [9.17, 15) is 28.8 Å². The number of benzene rings is 2. The number of carbonyl (C=O) groups is 6. The zero-order chi connectivity index (χ0) is 31.5. The van der Waals surface area contributed by atoms with Crippen LogP contribution in [-0.4, -0.2) is 66.0 Å². The zero-order valence-electron chi connectivity index (χ0n) is 23.8. The molecule has 5 rings (SSSR count). The Labute approximate surface area is 260 Å². The van der Waals surface area contributed by atoms with Crippen LogP contribution in [0.4, 0.5) is 16.4 Å². The van der Waals surface area contributed by atoms with Gasteiger partial charge in [0.05, 0.1) is 35.7 Å². The minimum atomic E-state index is -0.795. The summed E-state index contributed by atoms with van der Waals surface area (Å²) in [4.78, 5) is 79.6. The zero-order valence-corrected chi connectivity index (χ0v) is 25.4. The SMILES string of the molecule is COC(=O)c1c(NC(=O)COC(=O)c2ccc(N3C(=O)CC(Sc4cccc(N)c4)C3=O)cc2)sc2c1CCN(C(C)=O)C2. The number of nitrogens with one attached hydrogen (secondary N) is 1. The average Bonchev–Trinajstić information content (AvgIpc) is 3.49. The number of imide groups is 1. The van der Waals surface area contributed by atoms with Crippen molar-refractivity contribution in [3.63, 3.8) is 0 Å². The summed E-state index contributed by atoms with van der Waals surface area (Å²) in [5, 5.41) is 2.27. The van der Waals surface area contributed by atoms with Crippen molar-refractivity contribution in [1.29, 1.82) is 0 Å². The van der Waals surface area contributed by atoms with Gasteiger partial charge in [0.25, 0.3) is 5.91 Å². The second kappa shape index (κ2) is 12.9. The van der Waals surface area contributed by atoms with Crippen LogP contribution in [0.15, 0.2) is 53.4 Å². The quantitative estimate of drug-likeness (QED) is 0.213. The fourth-order valence-electron chi connectivity index (χ4n) is 4.92. The van der Waals surface area contributed by atoms with Crippen molar-refractivity contribution in [2.75, 3.05) is 36.2 Å². The monoisotopic (exact) mass is 636 g/mol. The molecule has 44 heavy (non-hydrogen) atoms. The van der Waals surface area contributed by atoms with Gasteiger partial charge in [0, 0.05) is 35.3 Å². The Morgan fingerprint density at radius 3 is 2.52 bits per heavy atom. The molecule has 3 heterocycles. The van der Waals surface area contributed by atoms with Gasteiger partial charge in [-0.15, -0.1) is 23.1 Å². The van der Waals surface area contributed by atoms with Crippen LogP contribution in [0.3, 0.4) is 0 Å².